The lowest BCUT2D eigenvalue weighted by Crippen LogP contribution is -2.13. The Kier molecular flexibility index (Phi) is 5.69. The fourth-order valence-corrected chi connectivity index (χ4v) is 3.13. The molecule has 2 nitrogen and oxygen atoms in total. The summed E-state index contributed by atoms with van der Waals surface area (Å²) in [5.41, 5.74) is 8.60. The molecule has 0 radical (unpaired) electrons. The van der Waals surface area contributed by atoms with Crippen molar-refractivity contribution in [1.29, 1.82) is 0 Å². The van der Waals surface area contributed by atoms with Crippen LogP contribution in [0.2, 0.25) is 0 Å². The van der Waals surface area contributed by atoms with Gasteiger partial charge in [0.25, 0.3) is 0 Å². The van der Waals surface area contributed by atoms with E-state index in [1.54, 1.807) is 0 Å². The molecular formula is C19H31NO. The highest BCUT2D eigenvalue weighted by Gasteiger charge is 2.23. The first-order valence-electron chi connectivity index (χ1n) is 8.49. The fourth-order valence-electron chi connectivity index (χ4n) is 3.13. The molecule has 0 saturated heterocycles. The Morgan fingerprint density at radius 2 is 1.86 bits per heavy atom. The van der Waals surface area contributed by atoms with Crippen LogP contribution in [0, 0.1) is 0 Å². The van der Waals surface area contributed by atoms with Gasteiger partial charge >= 0.3 is 0 Å². The molecule has 0 amide bonds. The molecule has 2 N–H and O–H groups in total. The Bertz CT molecular complexity index is 441. The summed E-state index contributed by atoms with van der Waals surface area (Å²) in [5.74, 6) is 1.80. The van der Waals surface area contributed by atoms with Crippen molar-refractivity contribution in [3.63, 3.8) is 0 Å². The zero-order valence-corrected chi connectivity index (χ0v) is 14.0. The van der Waals surface area contributed by atoms with Crippen molar-refractivity contribution in [2.24, 2.45) is 5.73 Å². The molecule has 1 aromatic carbocycles. The third-order valence-electron chi connectivity index (χ3n) is 4.53. The average Bonchev–Trinajstić information content (AvgIpc) is 2.96. The van der Waals surface area contributed by atoms with Crippen molar-refractivity contribution in [2.75, 3.05) is 13.2 Å². The maximum absolute atomic E-state index is 6.06. The van der Waals surface area contributed by atoms with E-state index in [9.17, 15) is 0 Å². The summed E-state index contributed by atoms with van der Waals surface area (Å²) in [4.78, 5) is 0. The highest BCUT2D eigenvalue weighted by molar-refractivity contribution is 5.42. The largest absolute Gasteiger partial charge is 0.493 e. The Balaban J connectivity index is 2.17. The molecule has 0 aliphatic heterocycles. The van der Waals surface area contributed by atoms with E-state index in [2.05, 4.69) is 39.0 Å². The third kappa shape index (κ3) is 4.47. The van der Waals surface area contributed by atoms with Gasteiger partial charge in [-0.1, -0.05) is 45.7 Å². The van der Waals surface area contributed by atoms with Crippen LogP contribution in [0.3, 0.4) is 0 Å². The van der Waals surface area contributed by atoms with Gasteiger partial charge in [-0.2, -0.15) is 0 Å². The molecule has 1 aromatic rings. The first-order valence-corrected chi connectivity index (χ1v) is 8.49. The number of rotatable bonds is 6. The minimum atomic E-state index is 0.200. The van der Waals surface area contributed by atoms with Crippen LogP contribution in [-0.2, 0) is 5.41 Å². The van der Waals surface area contributed by atoms with Gasteiger partial charge in [-0.3, -0.25) is 0 Å². The van der Waals surface area contributed by atoms with Crippen LogP contribution in [-0.4, -0.2) is 13.2 Å². The van der Waals surface area contributed by atoms with Crippen LogP contribution in [0.25, 0.3) is 0 Å². The molecule has 0 bridgehead atoms. The van der Waals surface area contributed by atoms with Gasteiger partial charge in [-0.15, -0.1) is 0 Å². The van der Waals surface area contributed by atoms with Crippen LogP contribution in [0.1, 0.15) is 76.3 Å². The number of benzene rings is 1. The van der Waals surface area contributed by atoms with Gasteiger partial charge in [0, 0.05) is 0 Å². The van der Waals surface area contributed by atoms with Crippen molar-refractivity contribution in [3.05, 3.63) is 29.3 Å². The van der Waals surface area contributed by atoms with E-state index in [1.807, 2.05) is 0 Å². The number of unbranched alkanes of at least 4 members (excludes halogenated alkanes) is 1. The zero-order valence-electron chi connectivity index (χ0n) is 14.0. The predicted octanol–water partition coefficient (Wildman–Crippen LogP) is 4.76. The van der Waals surface area contributed by atoms with Crippen molar-refractivity contribution < 1.29 is 4.74 Å². The molecule has 1 fully saturated rings. The van der Waals surface area contributed by atoms with Gasteiger partial charge in [-0.05, 0) is 60.8 Å². The monoisotopic (exact) mass is 289 g/mol. The summed E-state index contributed by atoms with van der Waals surface area (Å²) in [6.45, 7) is 8.38. The molecule has 118 valence electrons. The molecule has 0 spiro atoms. The topological polar surface area (TPSA) is 35.2 Å². The normalized spacial score (nSPS) is 16.4. The SMILES string of the molecule is CC(C)(C)c1ccc(OCCCCN)c(C2CCCC2)c1. The van der Waals surface area contributed by atoms with Crippen LogP contribution < -0.4 is 10.5 Å². The minimum Gasteiger partial charge on any atom is -0.493 e. The van der Waals surface area contributed by atoms with Gasteiger partial charge in [0.2, 0.25) is 0 Å². The molecule has 0 atom stereocenters. The van der Waals surface area contributed by atoms with E-state index in [-0.39, 0.29) is 5.41 Å². The minimum absolute atomic E-state index is 0.200. The van der Waals surface area contributed by atoms with E-state index in [4.69, 9.17) is 10.5 Å². The Morgan fingerprint density at radius 1 is 1.14 bits per heavy atom. The van der Waals surface area contributed by atoms with Crippen LogP contribution >= 0.6 is 0 Å². The van der Waals surface area contributed by atoms with Gasteiger partial charge in [0.1, 0.15) is 5.75 Å². The molecule has 1 aliphatic rings. The maximum atomic E-state index is 6.06. The summed E-state index contributed by atoms with van der Waals surface area (Å²) in [7, 11) is 0. The zero-order chi connectivity index (χ0) is 15.3. The van der Waals surface area contributed by atoms with Crippen LogP contribution in [0.4, 0.5) is 0 Å². The quantitative estimate of drug-likeness (QED) is 0.766. The maximum Gasteiger partial charge on any atom is 0.122 e. The second kappa shape index (κ2) is 7.31. The Hall–Kier alpha value is -1.02. The van der Waals surface area contributed by atoms with Crippen molar-refractivity contribution in [2.45, 2.75) is 70.6 Å². The summed E-state index contributed by atoms with van der Waals surface area (Å²) < 4.78 is 6.06. The number of ether oxygens (including phenoxy) is 1. The number of hydrogen-bond acceptors (Lipinski definition) is 2. The summed E-state index contributed by atoms with van der Waals surface area (Å²) in [6, 6.07) is 6.82. The van der Waals surface area contributed by atoms with E-state index in [1.165, 1.54) is 36.8 Å². The molecule has 1 saturated carbocycles. The standard InChI is InChI=1S/C19H31NO/c1-19(2,3)16-10-11-18(21-13-7-6-12-20)17(14-16)15-8-4-5-9-15/h10-11,14-15H,4-9,12-13,20H2,1-3H3. The molecule has 0 aromatic heterocycles. The van der Waals surface area contributed by atoms with E-state index in [0.29, 0.717) is 5.92 Å². The molecular weight excluding hydrogens is 258 g/mol. The molecule has 0 unspecified atom stereocenters. The van der Waals surface area contributed by atoms with Gasteiger partial charge in [-0.25, -0.2) is 0 Å². The van der Waals surface area contributed by atoms with Crippen molar-refractivity contribution >= 4 is 0 Å². The van der Waals surface area contributed by atoms with Crippen molar-refractivity contribution in [1.82, 2.24) is 0 Å². The average molecular weight is 289 g/mol. The molecule has 21 heavy (non-hydrogen) atoms. The molecule has 1 aliphatic carbocycles. The first-order chi connectivity index (χ1) is 10.0. The fraction of sp³-hybridized carbons (Fsp3) is 0.684. The summed E-state index contributed by atoms with van der Waals surface area (Å²) >= 11 is 0. The third-order valence-corrected chi connectivity index (χ3v) is 4.53. The molecule has 2 rings (SSSR count). The lowest BCUT2D eigenvalue weighted by atomic mass is 9.84. The van der Waals surface area contributed by atoms with Crippen LogP contribution in [0.5, 0.6) is 5.75 Å². The lowest BCUT2D eigenvalue weighted by molar-refractivity contribution is 0.302. The van der Waals surface area contributed by atoms with Gasteiger partial charge in [0.05, 0.1) is 6.61 Å². The first kappa shape index (κ1) is 16.4. The smallest absolute Gasteiger partial charge is 0.122 e. The summed E-state index contributed by atoms with van der Waals surface area (Å²) in [6.07, 6.45) is 7.42. The number of nitrogens with two attached hydrogens (primary N) is 1. The predicted molar refractivity (Wildman–Crippen MR) is 90.1 cm³/mol. The van der Waals surface area contributed by atoms with E-state index < -0.39 is 0 Å². The molecule has 2 heteroatoms. The Morgan fingerprint density at radius 3 is 2.48 bits per heavy atom. The number of hydrogen-bond donors (Lipinski definition) is 1. The van der Waals surface area contributed by atoms with E-state index in [0.717, 1.165) is 31.7 Å². The van der Waals surface area contributed by atoms with Gasteiger partial charge < -0.3 is 10.5 Å². The van der Waals surface area contributed by atoms with Crippen LogP contribution in [0.15, 0.2) is 18.2 Å². The lowest BCUT2D eigenvalue weighted by Gasteiger charge is -2.23. The second-order valence-corrected chi connectivity index (χ2v) is 7.33. The van der Waals surface area contributed by atoms with Crippen molar-refractivity contribution in [3.8, 4) is 5.75 Å². The highest BCUT2D eigenvalue weighted by atomic mass is 16.5. The highest BCUT2D eigenvalue weighted by Crippen LogP contribution is 2.40. The summed E-state index contributed by atoms with van der Waals surface area (Å²) in [5, 5.41) is 0. The molecule has 0 heterocycles. The van der Waals surface area contributed by atoms with E-state index >= 15 is 0 Å². The van der Waals surface area contributed by atoms with Gasteiger partial charge in [0.15, 0.2) is 0 Å². The second-order valence-electron chi connectivity index (χ2n) is 7.33. The Labute approximate surface area is 130 Å².